The first kappa shape index (κ1) is 21.8. The minimum Gasteiger partial charge on any atom is -0.419 e. The van der Waals surface area contributed by atoms with E-state index in [1.165, 1.54) is 5.56 Å². The number of sulfonamides is 1. The van der Waals surface area contributed by atoms with Gasteiger partial charge >= 0.3 is 0 Å². The Morgan fingerprint density at radius 1 is 0.879 bits per heavy atom. The zero-order chi connectivity index (χ0) is 22.8. The van der Waals surface area contributed by atoms with Crippen molar-refractivity contribution in [1.82, 2.24) is 14.9 Å². The van der Waals surface area contributed by atoms with Gasteiger partial charge in [0.15, 0.2) is 0 Å². The Labute approximate surface area is 197 Å². The monoisotopic (exact) mass is 479 g/mol. The van der Waals surface area contributed by atoms with Gasteiger partial charge in [-0.25, -0.2) is 8.42 Å². The van der Waals surface area contributed by atoms with Gasteiger partial charge in [0.05, 0.1) is 4.90 Å². The van der Waals surface area contributed by atoms with Gasteiger partial charge in [-0.2, -0.15) is 4.72 Å². The Morgan fingerprint density at radius 2 is 1.61 bits per heavy atom. The second kappa shape index (κ2) is 9.09. The fourth-order valence-corrected chi connectivity index (χ4v) is 5.57. The molecule has 1 aromatic heterocycles. The van der Waals surface area contributed by atoms with E-state index >= 15 is 0 Å². The Hall–Kier alpha value is -3.00. The summed E-state index contributed by atoms with van der Waals surface area (Å²) < 4.78 is 35.5. The van der Waals surface area contributed by atoms with Crippen molar-refractivity contribution >= 4 is 21.6 Å². The molecule has 0 aliphatic heterocycles. The third-order valence-electron chi connectivity index (χ3n) is 5.83. The summed E-state index contributed by atoms with van der Waals surface area (Å²) in [6.45, 7) is 0. The molecule has 0 radical (unpaired) electrons. The molecule has 33 heavy (non-hydrogen) atoms. The van der Waals surface area contributed by atoms with Crippen molar-refractivity contribution in [1.29, 1.82) is 0 Å². The number of benzene rings is 3. The zero-order valence-corrected chi connectivity index (χ0v) is 19.3. The Kier molecular flexibility index (Phi) is 6.01. The maximum atomic E-state index is 13.4. The van der Waals surface area contributed by atoms with Crippen LogP contribution in [0, 0.1) is 0 Å². The maximum Gasteiger partial charge on any atom is 0.247 e. The van der Waals surface area contributed by atoms with Gasteiger partial charge in [-0.3, -0.25) is 0 Å². The molecule has 0 saturated carbocycles. The van der Waals surface area contributed by atoms with Crippen molar-refractivity contribution in [2.45, 2.75) is 36.6 Å². The van der Waals surface area contributed by atoms with E-state index in [9.17, 15) is 8.42 Å². The van der Waals surface area contributed by atoms with Crippen molar-refractivity contribution in [2.75, 3.05) is 0 Å². The van der Waals surface area contributed by atoms with Gasteiger partial charge in [-0.1, -0.05) is 54.1 Å². The zero-order valence-electron chi connectivity index (χ0n) is 17.7. The topological polar surface area (TPSA) is 85.1 Å². The Balaban J connectivity index is 1.53. The molecule has 0 bridgehead atoms. The first-order valence-electron chi connectivity index (χ1n) is 10.8. The average molecular weight is 480 g/mol. The third-order valence-corrected chi connectivity index (χ3v) is 7.59. The van der Waals surface area contributed by atoms with Gasteiger partial charge in [0.25, 0.3) is 0 Å². The molecule has 0 unspecified atom stereocenters. The number of halogens is 1. The van der Waals surface area contributed by atoms with Crippen LogP contribution in [-0.4, -0.2) is 18.6 Å². The number of nitrogens with zero attached hydrogens (tertiary/aromatic N) is 2. The lowest BCUT2D eigenvalue weighted by Gasteiger charge is -2.19. The lowest BCUT2D eigenvalue weighted by molar-refractivity contribution is 0.464. The van der Waals surface area contributed by atoms with E-state index in [1.54, 1.807) is 36.4 Å². The minimum atomic E-state index is -3.90. The summed E-state index contributed by atoms with van der Waals surface area (Å²) in [5.41, 5.74) is 3.57. The maximum absolute atomic E-state index is 13.4. The van der Waals surface area contributed by atoms with E-state index in [2.05, 4.69) is 14.9 Å². The van der Waals surface area contributed by atoms with Crippen LogP contribution in [0.1, 0.15) is 41.5 Å². The molecule has 1 aliphatic carbocycles. The lowest BCUT2D eigenvalue weighted by Crippen LogP contribution is -2.30. The van der Waals surface area contributed by atoms with Crippen molar-refractivity contribution in [3.8, 4) is 11.5 Å². The molecule has 0 fully saturated rings. The van der Waals surface area contributed by atoms with Crippen LogP contribution in [0.15, 0.2) is 82.1 Å². The van der Waals surface area contributed by atoms with Crippen LogP contribution in [-0.2, 0) is 22.9 Å². The van der Waals surface area contributed by atoms with Crippen LogP contribution in [0.4, 0.5) is 0 Å². The minimum absolute atomic E-state index is 0.114. The smallest absolute Gasteiger partial charge is 0.247 e. The molecule has 1 N–H and O–H groups in total. The molecule has 168 valence electrons. The van der Waals surface area contributed by atoms with Crippen molar-refractivity contribution in [3.05, 3.63) is 100 Å². The van der Waals surface area contributed by atoms with Gasteiger partial charge in [0.1, 0.15) is 6.04 Å². The first-order chi connectivity index (χ1) is 16.0. The summed E-state index contributed by atoms with van der Waals surface area (Å²) >= 11 is 6.44. The van der Waals surface area contributed by atoms with Crippen molar-refractivity contribution in [2.24, 2.45) is 0 Å². The van der Waals surface area contributed by atoms with Crippen molar-refractivity contribution < 1.29 is 12.8 Å². The number of aromatic nitrogens is 2. The predicted molar refractivity (Wildman–Crippen MR) is 126 cm³/mol. The van der Waals surface area contributed by atoms with E-state index in [-0.39, 0.29) is 10.8 Å². The Bertz CT molecular complexity index is 1390. The highest BCUT2D eigenvalue weighted by Gasteiger charge is 2.29. The summed E-state index contributed by atoms with van der Waals surface area (Å²) in [5.74, 6) is 0.416. The number of hydrogen-bond acceptors (Lipinski definition) is 5. The fraction of sp³-hybridized carbons (Fsp3) is 0.200. The number of nitrogens with one attached hydrogen (secondary N) is 1. The van der Waals surface area contributed by atoms with Crippen LogP contribution < -0.4 is 4.72 Å². The number of aryl methyl sites for hydroxylation is 2. The fourth-order valence-electron chi connectivity index (χ4n) is 4.10. The molecule has 8 heteroatoms. The van der Waals surface area contributed by atoms with Crippen LogP contribution >= 0.6 is 11.6 Å². The number of fused-ring (bicyclic) bond motifs is 1. The van der Waals surface area contributed by atoms with Gasteiger partial charge < -0.3 is 4.42 Å². The number of hydrogen-bond donors (Lipinski definition) is 1. The largest absolute Gasteiger partial charge is 0.419 e. The molecule has 0 amide bonds. The molecular weight excluding hydrogens is 458 g/mol. The highest BCUT2D eigenvalue weighted by atomic mass is 35.5. The van der Waals surface area contributed by atoms with E-state index in [0.29, 0.717) is 16.5 Å². The summed E-state index contributed by atoms with van der Waals surface area (Å²) in [5, 5.41) is 8.68. The number of rotatable bonds is 6. The molecule has 3 aromatic carbocycles. The molecule has 0 saturated heterocycles. The lowest BCUT2D eigenvalue weighted by atomic mass is 9.92. The predicted octanol–water partition coefficient (Wildman–Crippen LogP) is 5.34. The second-order valence-corrected chi connectivity index (χ2v) is 10.1. The standard InChI is InChI=1S/C25H22ClN3O3S/c26-22-13-7-6-12-21(22)23(25-28-27-24(32-25)18-9-2-1-3-10-18)29-33(30,31)20-15-14-17-8-4-5-11-19(17)16-20/h1-3,6-7,9-10,12-16,23,29H,4-5,8,11H2/t23-/m0/s1. The summed E-state index contributed by atoms with van der Waals surface area (Å²) in [6, 6.07) is 20.7. The summed E-state index contributed by atoms with van der Waals surface area (Å²) in [4.78, 5) is 0.211. The highest BCUT2D eigenvalue weighted by Crippen LogP contribution is 2.31. The van der Waals surface area contributed by atoms with Crippen LogP contribution in [0.25, 0.3) is 11.5 Å². The van der Waals surface area contributed by atoms with Crippen LogP contribution in [0.5, 0.6) is 0 Å². The van der Waals surface area contributed by atoms with E-state index in [1.807, 2.05) is 36.4 Å². The second-order valence-electron chi connectivity index (χ2n) is 8.02. The molecule has 0 spiro atoms. The van der Waals surface area contributed by atoms with Gasteiger partial charge in [0, 0.05) is 10.6 Å². The quantitative estimate of drug-likeness (QED) is 0.403. The van der Waals surface area contributed by atoms with Gasteiger partial charge in [-0.05, 0) is 72.7 Å². The van der Waals surface area contributed by atoms with E-state index in [4.69, 9.17) is 16.0 Å². The van der Waals surface area contributed by atoms with Gasteiger partial charge in [-0.15, -0.1) is 10.2 Å². The summed E-state index contributed by atoms with van der Waals surface area (Å²) in [6.07, 6.45) is 4.07. The molecular formula is C25H22ClN3O3S. The molecule has 1 atom stereocenters. The highest BCUT2D eigenvalue weighted by molar-refractivity contribution is 7.89. The third kappa shape index (κ3) is 4.57. The molecule has 4 aromatic rings. The average Bonchev–Trinajstić information content (AvgIpc) is 3.33. The van der Waals surface area contributed by atoms with Gasteiger partial charge in [0.2, 0.25) is 21.8 Å². The van der Waals surface area contributed by atoms with Crippen molar-refractivity contribution in [3.63, 3.8) is 0 Å². The van der Waals surface area contributed by atoms with Crippen LogP contribution in [0.3, 0.4) is 0 Å². The molecule has 1 aliphatic rings. The summed E-state index contributed by atoms with van der Waals surface area (Å²) in [7, 11) is -3.90. The molecule has 6 nitrogen and oxygen atoms in total. The molecule has 1 heterocycles. The van der Waals surface area contributed by atoms with Crippen LogP contribution in [0.2, 0.25) is 5.02 Å². The molecule has 5 rings (SSSR count). The van der Waals surface area contributed by atoms with E-state index < -0.39 is 16.1 Å². The SMILES string of the molecule is O=S(=O)(N[C@H](c1nnc(-c2ccccc2)o1)c1ccccc1Cl)c1ccc2c(c1)CCCC2. The van der Waals surface area contributed by atoms with E-state index in [0.717, 1.165) is 36.8 Å². The normalized spacial score (nSPS) is 14.6. The Morgan fingerprint density at radius 3 is 2.39 bits per heavy atom. The first-order valence-corrected chi connectivity index (χ1v) is 12.6.